The first-order valence-electron chi connectivity index (χ1n) is 6.05. The van der Waals surface area contributed by atoms with E-state index < -0.39 is 0 Å². The van der Waals surface area contributed by atoms with E-state index >= 15 is 0 Å². The van der Waals surface area contributed by atoms with Crippen molar-refractivity contribution in [2.24, 2.45) is 5.92 Å². The minimum Gasteiger partial charge on any atom is -0.508 e. The van der Waals surface area contributed by atoms with Gasteiger partial charge in [-0.25, -0.2) is 0 Å². The van der Waals surface area contributed by atoms with Crippen LogP contribution in [0.5, 0.6) is 5.75 Å². The average molecular weight is 235 g/mol. The fourth-order valence-corrected chi connectivity index (χ4v) is 1.82. The molecule has 1 aromatic carbocycles. The average Bonchev–Trinajstić information content (AvgIpc) is 2.28. The van der Waals surface area contributed by atoms with Crippen LogP contribution in [0.3, 0.4) is 0 Å². The Hall–Kier alpha value is -1.51. The summed E-state index contributed by atoms with van der Waals surface area (Å²) in [5.41, 5.74) is 1.24. The molecule has 0 aliphatic rings. The van der Waals surface area contributed by atoms with E-state index in [4.69, 9.17) is 0 Å². The monoisotopic (exact) mass is 235 g/mol. The lowest BCUT2D eigenvalue weighted by molar-refractivity contribution is 0.0744. The summed E-state index contributed by atoms with van der Waals surface area (Å²) in [4.78, 5) is 14.1. The normalized spacial score (nSPS) is 10.6. The zero-order valence-electron chi connectivity index (χ0n) is 11.0. The van der Waals surface area contributed by atoms with Crippen molar-refractivity contribution < 1.29 is 9.90 Å². The van der Waals surface area contributed by atoms with Crippen LogP contribution in [0.1, 0.15) is 36.7 Å². The molecule has 17 heavy (non-hydrogen) atoms. The maximum Gasteiger partial charge on any atom is 0.254 e. The second kappa shape index (κ2) is 5.71. The Morgan fingerprint density at radius 3 is 2.59 bits per heavy atom. The summed E-state index contributed by atoms with van der Waals surface area (Å²) in [6.45, 7) is 9.34. The van der Waals surface area contributed by atoms with E-state index in [0.717, 1.165) is 6.54 Å². The number of carbonyl (C=O) groups is 1. The fraction of sp³-hybridized carbons (Fsp3) is 0.500. The smallest absolute Gasteiger partial charge is 0.254 e. The van der Waals surface area contributed by atoms with Crippen LogP contribution >= 0.6 is 0 Å². The van der Waals surface area contributed by atoms with Gasteiger partial charge in [0.05, 0.1) is 0 Å². The Labute approximate surface area is 103 Å². The van der Waals surface area contributed by atoms with Gasteiger partial charge in [-0.3, -0.25) is 4.79 Å². The van der Waals surface area contributed by atoms with E-state index in [1.807, 2.05) is 11.8 Å². The molecule has 1 rings (SSSR count). The van der Waals surface area contributed by atoms with Gasteiger partial charge < -0.3 is 10.0 Å². The van der Waals surface area contributed by atoms with Crippen LogP contribution in [0.4, 0.5) is 0 Å². The zero-order valence-corrected chi connectivity index (χ0v) is 11.0. The largest absolute Gasteiger partial charge is 0.508 e. The van der Waals surface area contributed by atoms with Gasteiger partial charge in [0, 0.05) is 24.2 Å². The minimum atomic E-state index is -0.00500. The molecule has 3 heteroatoms. The summed E-state index contributed by atoms with van der Waals surface area (Å²) in [6.07, 6.45) is 0. The highest BCUT2D eigenvalue weighted by atomic mass is 16.3. The molecule has 0 saturated carbocycles. The van der Waals surface area contributed by atoms with E-state index in [1.165, 1.54) is 0 Å². The van der Waals surface area contributed by atoms with Crippen molar-refractivity contribution in [2.75, 3.05) is 13.1 Å². The van der Waals surface area contributed by atoms with Crippen LogP contribution in [0.25, 0.3) is 0 Å². The lowest BCUT2D eigenvalue weighted by Crippen LogP contribution is -2.34. The van der Waals surface area contributed by atoms with Crippen molar-refractivity contribution in [3.05, 3.63) is 29.3 Å². The standard InChI is InChI=1S/C14H21NO2/c1-5-15(9-10(2)3)14(17)12-7-6-8-13(16)11(12)4/h6-8,10,16H,5,9H2,1-4H3. The number of phenols is 1. The summed E-state index contributed by atoms with van der Waals surface area (Å²) in [6, 6.07) is 5.07. The van der Waals surface area contributed by atoms with Crippen molar-refractivity contribution in [1.82, 2.24) is 4.90 Å². The van der Waals surface area contributed by atoms with E-state index in [-0.39, 0.29) is 11.7 Å². The van der Waals surface area contributed by atoms with Gasteiger partial charge in [0.1, 0.15) is 5.75 Å². The molecule has 0 atom stereocenters. The van der Waals surface area contributed by atoms with E-state index in [9.17, 15) is 9.90 Å². The number of phenolic OH excluding ortho intramolecular Hbond substituents is 1. The molecule has 94 valence electrons. The van der Waals surface area contributed by atoms with E-state index in [1.54, 1.807) is 25.1 Å². The van der Waals surface area contributed by atoms with Gasteiger partial charge in [-0.05, 0) is 31.9 Å². The number of nitrogens with zero attached hydrogens (tertiary/aromatic N) is 1. The van der Waals surface area contributed by atoms with Crippen molar-refractivity contribution in [1.29, 1.82) is 0 Å². The van der Waals surface area contributed by atoms with Gasteiger partial charge in [0.15, 0.2) is 0 Å². The molecule has 1 amide bonds. The van der Waals surface area contributed by atoms with Crippen LogP contribution in [0, 0.1) is 12.8 Å². The first-order chi connectivity index (χ1) is 7.97. The summed E-state index contributed by atoms with van der Waals surface area (Å²) in [5, 5.41) is 9.61. The molecule has 0 saturated heterocycles. The summed E-state index contributed by atoms with van der Waals surface area (Å²) < 4.78 is 0. The van der Waals surface area contributed by atoms with Crippen LogP contribution in [0.2, 0.25) is 0 Å². The highest BCUT2D eigenvalue weighted by Gasteiger charge is 2.18. The fourth-order valence-electron chi connectivity index (χ4n) is 1.82. The van der Waals surface area contributed by atoms with Gasteiger partial charge >= 0.3 is 0 Å². The highest BCUT2D eigenvalue weighted by molar-refractivity contribution is 5.96. The predicted molar refractivity (Wildman–Crippen MR) is 69.3 cm³/mol. The molecule has 0 aliphatic heterocycles. The topological polar surface area (TPSA) is 40.5 Å². The molecule has 1 N–H and O–H groups in total. The molecule has 0 heterocycles. The Morgan fingerprint density at radius 1 is 1.41 bits per heavy atom. The summed E-state index contributed by atoms with van der Waals surface area (Å²) >= 11 is 0. The Balaban J connectivity index is 2.98. The molecule has 0 bridgehead atoms. The number of carbonyl (C=O) groups excluding carboxylic acids is 1. The summed E-state index contributed by atoms with van der Waals surface area (Å²) in [7, 11) is 0. The number of amides is 1. The van der Waals surface area contributed by atoms with Gasteiger partial charge in [-0.2, -0.15) is 0 Å². The van der Waals surface area contributed by atoms with Gasteiger partial charge in [0.2, 0.25) is 0 Å². The third-order valence-electron chi connectivity index (χ3n) is 2.79. The molecule has 0 radical (unpaired) electrons. The maximum atomic E-state index is 12.3. The number of rotatable bonds is 4. The SMILES string of the molecule is CCN(CC(C)C)C(=O)c1cccc(O)c1C. The first kappa shape index (κ1) is 13.6. The molecule has 0 spiro atoms. The summed E-state index contributed by atoms with van der Waals surface area (Å²) in [5.74, 6) is 0.613. The number of hydrogen-bond donors (Lipinski definition) is 1. The Kier molecular flexibility index (Phi) is 4.55. The number of aromatic hydroxyl groups is 1. The second-order valence-corrected chi connectivity index (χ2v) is 4.69. The van der Waals surface area contributed by atoms with Crippen molar-refractivity contribution in [2.45, 2.75) is 27.7 Å². The molecule has 0 unspecified atom stereocenters. The van der Waals surface area contributed by atoms with Crippen molar-refractivity contribution in [3.63, 3.8) is 0 Å². The Morgan fingerprint density at radius 2 is 2.06 bits per heavy atom. The molecule has 0 fully saturated rings. The van der Waals surface area contributed by atoms with Gasteiger partial charge in [0.25, 0.3) is 5.91 Å². The maximum absolute atomic E-state index is 12.3. The van der Waals surface area contributed by atoms with Crippen LogP contribution in [-0.4, -0.2) is 29.0 Å². The van der Waals surface area contributed by atoms with Crippen LogP contribution in [-0.2, 0) is 0 Å². The lowest BCUT2D eigenvalue weighted by Gasteiger charge is -2.23. The molecule has 3 nitrogen and oxygen atoms in total. The van der Waals surface area contributed by atoms with Gasteiger partial charge in [-0.15, -0.1) is 0 Å². The first-order valence-corrected chi connectivity index (χ1v) is 6.05. The zero-order chi connectivity index (χ0) is 13.0. The predicted octanol–water partition coefficient (Wildman–Crippen LogP) is 2.82. The van der Waals surface area contributed by atoms with Gasteiger partial charge in [-0.1, -0.05) is 19.9 Å². The molecule has 0 aliphatic carbocycles. The van der Waals surface area contributed by atoms with Crippen LogP contribution < -0.4 is 0 Å². The van der Waals surface area contributed by atoms with Crippen LogP contribution in [0.15, 0.2) is 18.2 Å². The Bertz CT molecular complexity index is 399. The minimum absolute atomic E-state index is 0.00500. The molecule has 1 aromatic rings. The second-order valence-electron chi connectivity index (χ2n) is 4.69. The van der Waals surface area contributed by atoms with E-state index in [2.05, 4.69) is 13.8 Å². The molecular weight excluding hydrogens is 214 g/mol. The lowest BCUT2D eigenvalue weighted by atomic mass is 10.1. The third-order valence-corrected chi connectivity index (χ3v) is 2.79. The third kappa shape index (κ3) is 3.22. The molecular formula is C14H21NO2. The van der Waals surface area contributed by atoms with Crippen molar-refractivity contribution >= 4 is 5.91 Å². The number of benzene rings is 1. The highest BCUT2D eigenvalue weighted by Crippen LogP contribution is 2.21. The molecule has 0 aromatic heterocycles. The van der Waals surface area contributed by atoms with Crippen molar-refractivity contribution in [3.8, 4) is 5.75 Å². The quantitative estimate of drug-likeness (QED) is 0.871. The number of hydrogen-bond acceptors (Lipinski definition) is 2. The van der Waals surface area contributed by atoms with E-state index in [0.29, 0.717) is 23.6 Å².